The molecule has 1 heterocycles. The molecule has 1 aromatic heterocycles. The van der Waals surface area contributed by atoms with E-state index in [0.717, 1.165) is 23.6 Å². The largest absolute Gasteiger partial charge is 0.497 e. The summed E-state index contributed by atoms with van der Waals surface area (Å²) in [5.41, 5.74) is 1.09. The Labute approximate surface area is 127 Å². The monoisotopic (exact) mass is 307 g/mol. The van der Waals surface area contributed by atoms with Gasteiger partial charge in [-0.2, -0.15) is 0 Å². The van der Waals surface area contributed by atoms with Crippen molar-refractivity contribution in [1.82, 2.24) is 14.8 Å². The Morgan fingerprint density at radius 3 is 2.62 bits per heavy atom. The summed E-state index contributed by atoms with van der Waals surface area (Å²) >= 11 is 1.18. The topological polar surface area (TPSA) is 77.2 Å². The Balaban J connectivity index is 2.19. The van der Waals surface area contributed by atoms with Gasteiger partial charge in [0.05, 0.1) is 19.4 Å². The molecular formula is C14H17N3O3S. The fourth-order valence-corrected chi connectivity index (χ4v) is 2.56. The highest BCUT2D eigenvalue weighted by Gasteiger charge is 2.13. The normalized spacial score (nSPS) is 10.6. The number of aryl methyl sites for hydroxylation is 1. The first kappa shape index (κ1) is 15.4. The molecule has 0 aliphatic heterocycles. The number of nitrogens with zero attached hydrogens (tertiary/aromatic N) is 3. The molecule has 7 heteroatoms. The average molecular weight is 307 g/mol. The van der Waals surface area contributed by atoms with Crippen LogP contribution in [0.15, 0.2) is 29.4 Å². The number of rotatable bonds is 7. The van der Waals surface area contributed by atoms with Gasteiger partial charge < -0.3 is 14.4 Å². The third-order valence-corrected chi connectivity index (χ3v) is 3.89. The second kappa shape index (κ2) is 7.12. The van der Waals surface area contributed by atoms with Crippen molar-refractivity contribution in [1.29, 1.82) is 0 Å². The van der Waals surface area contributed by atoms with Crippen LogP contribution in [0.5, 0.6) is 5.75 Å². The van der Waals surface area contributed by atoms with Crippen LogP contribution in [0.3, 0.4) is 0 Å². The smallest absolute Gasteiger partial charge is 0.313 e. The predicted octanol–water partition coefficient (Wildman–Crippen LogP) is 2.07. The summed E-state index contributed by atoms with van der Waals surface area (Å²) in [6, 6.07) is 7.75. The zero-order valence-corrected chi connectivity index (χ0v) is 12.8. The molecule has 0 saturated carbocycles. The maximum atomic E-state index is 10.7. The van der Waals surface area contributed by atoms with Crippen LogP contribution in [0.4, 0.5) is 0 Å². The van der Waals surface area contributed by atoms with Gasteiger partial charge in [-0.25, -0.2) is 0 Å². The summed E-state index contributed by atoms with van der Waals surface area (Å²) in [6.07, 6.45) is 0.747. The molecule has 112 valence electrons. The number of benzene rings is 1. The Hall–Kier alpha value is -2.02. The molecular weight excluding hydrogens is 290 g/mol. The van der Waals surface area contributed by atoms with E-state index in [1.54, 1.807) is 7.11 Å². The van der Waals surface area contributed by atoms with Crippen LogP contribution in [-0.4, -0.2) is 38.7 Å². The minimum Gasteiger partial charge on any atom is -0.497 e. The van der Waals surface area contributed by atoms with Crippen molar-refractivity contribution in [3.8, 4) is 5.75 Å². The molecule has 0 bridgehead atoms. The average Bonchev–Trinajstić information content (AvgIpc) is 2.88. The Morgan fingerprint density at radius 1 is 1.33 bits per heavy atom. The quantitative estimate of drug-likeness (QED) is 0.789. The van der Waals surface area contributed by atoms with Crippen LogP contribution in [-0.2, 0) is 17.8 Å². The second-order valence-electron chi connectivity index (χ2n) is 4.37. The molecule has 0 unspecified atom stereocenters. The predicted molar refractivity (Wildman–Crippen MR) is 79.9 cm³/mol. The van der Waals surface area contributed by atoms with Crippen LogP contribution in [0.2, 0.25) is 0 Å². The highest BCUT2D eigenvalue weighted by atomic mass is 32.2. The highest BCUT2D eigenvalue weighted by Crippen LogP contribution is 2.20. The highest BCUT2D eigenvalue weighted by molar-refractivity contribution is 7.99. The molecule has 0 fully saturated rings. The van der Waals surface area contributed by atoms with Crippen LogP contribution in [0, 0.1) is 0 Å². The van der Waals surface area contributed by atoms with Gasteiger partial charge in [0.1, 0.15) is 11.6 Å². The summed E-state index contributed by atoms with van der Waals surface area (Å²) in [5, 5.41) is 17.6. The minimum absolute atomic E-state index is 0.0234. The van der Waals surface area contributed by atoms with Gasteiger partial charge in [-0.15, -0.1) is 10.2 Å². The third-order valence-electron chi connectivity index (χ3n) is 2.93. The minimum atomic E-state index is -0.864. The van der Waals surface area contributed by atoms with E-state index in [2.05, 4.69) is 10.2 Å². The summed E-state index contributed by atoms with van der Waals surface area (Å²) in [4.78, 5) is 10.7. The van der Waals surface area contributed by atoms with Crippen molar-refractivity contribution in [3.05, 3.63) is 35.7 Å². The van der Waals surface area contributed by atoms with Gasteiger partial charge >= 0.3 is 5.97 Å². The van der Waals surface area contributed by atoms with Gasteiger partial charge in [-0.3, -0.25) is 4.79 Å². The fourth-order valence-electron chi connectivity index (χ4n) is 1.89. The molecule has 2 aromatic rings. The second-order valence-corrected chi connectivity index (χ2v) is 5.31. The molecule has 0 aliphatic rings. The molecule has 2 rings (SSSR count). The molecule has 0 aliphatic carbocycles. The molecule has 21 heavy (non-hydrogen) atoms. The number of thioether (sulfide) groups is 1. The van der Waals surface area contributed by atoms with E-state index in [1.165, 1.54) is 11.8 Å². The molecule has 0 atom stereocenters. The lowest BCUT2D eigenvalue weighted by atomic mass is 10.2. The van der Waals surface area contributed by atoms with Crippen molar-refractivity contribution < 1.29 is 14.6 Å². The van der Waals surface area contributed by atoms with E-state index in [1.807, 2.05) is 35.8 Å². The maximum Gasteiger partial charge on any atom is 0.313 e. The zero-order chi connectivity index (χ0) is 15.2. The van der Waals surface area contributed by atoms with Crippen molar-refractivity contribution in [2.75, 3.05) is 12.9 Å². The number of carboxylic acid groups (broad SMARTS) is 1. The molecule has 1 aromatic carbocycles. The van der Waals surface area contributed by atoms with Crippen LogP contribution < -0.4 is 4.74 Å². The lowest BCUT2D eigenvalue weighted by Gasteiger charge is -2.09. The molecule has 6 nitrogen and oxygen atoms in total. The van der Waals surface area contributed by atoms with Crippen LogP contribution in [0.1, 0.15) is 18.3 Å². The fraction of sp³-hybridized carbons (Fsp3) is 0.357. The lowest BCUT2D eigenvalue weighted by Crippen LogP contribution is -2.07. The maximum absolute atomic E-state index is 10.7. The summed E-state index contributed by atoms with van der Waals surface area (Å²) in [6.45, 7) is 2.61. The van der Waals surface area contributed by atoms with E-state index in [0.29, 0.717) is 11.7 Å². The number of aromatic nitrogens is 3. The van der Waals surface area contributed by atoms with Crippen molar-refractivity contribution in [2.24, 2.45) is 0 Å². The number of methoxy groups -OCH3 is 1. The third kappa shape index (κ3) is 3.98. The number of carboxylic acids is 1. The van der Waals surface area contributed by atoms with Gasteiger partial charge in [0.15, 0.2) is 5.16 Å². The molecule has 0 saturated heterocycles. The number of hydrogen-bond donors (Lipinski definition) is 1. The Morgan fingerprint density at radius 2 is 2.05 bits per heavy atom. The van der Waals surface area contributed by atoms with Crippen molar-refractivity contribution in [2.45, 2.75) is 25.0 Å². The van der Waals surface area contributed by atoms with E-state index >= 15 is 0 Å². The first-order chi connectivity index (χ1) is 10.1. The Bertz CT molecular complexity index is 610. The molecule has 1 N–H and O–H groups in total. The van der Waals surface area contributed by atoms with Crippen LogP contribution in [0.25, 0.3) is 0 Å². The number of ether oxygens (including phenoxy) is 1. The van der Waals surface area contributed by atoms with E-state index < -0.39 is 5.97 Å². The lowest BCUT2D eigenvalue weighted by molar-refractivity contribution is -0.133. The SMILES string of the molecule is CCc1nnc(SCC(=O)O)n1Cc1ccc(OC)cc1. The van der Waals surface area contributed by atoms with Gasteiger partial charge in [0.2, 0.25) is 0 Å². The number of carbonyl (C=O) groups is 1. The van der Waals surface area contributed by atoms with Crippen molar-refractivity contribution >= 4 is 17.7 Å². The van der Waals surface area contributed by atoms with Crippen molar-refractivity contribution in [3.63, 3.8) is 0 Å². The summed E-state index contributed by atoms with van der Waals surface area (Å²) < 4.78 is 7.09. The number of aliphatic carboxylic acids is 1. The van der Waals surface area contributed by atoms with E-state index in [9.17, 15) is 4.79 Å². The van der Waals surface area contributed by atoms with E-state index in [4.69, 9.17) is 9.84 Å². The van der Waals surface area contributed by atoms with Gasteiger partial charge in [0.25, 0.3) is 0 Å². The summed E-state index contributed by atoms with van der Waals surface area (Å²) in [5.74, 6) is 0.763. The zero-order valence-electron chi connectivity index (χ0n) is 11.9. The summed E-state index contributed by atoms with van der Waals surface area (Å²) in [7, 11) is 1.63. The van der Waals surface area contributed by atoms with Gasteiger partial charge in [-0.05, 0) is 17.7 Å². The first-order valence-electron chi connectivity index (χ1n) is 6.53. The first-order valence-corrected chi connectivity index (χ1v) is 7.52. The van der Waals surface area contributed by atoms with Gasteiger partial charge in [0, 0.05) is 6.42 Å². The number of hydrogen-bond acceptors (Lipinski definition) is 5. The van der Waals surface area contributed by atoms with Gasteiger partial charge in [-0.1, -0.05) is 30.8 Å². The standard InChI is InChI=1S/C14H17N3O3S/c1-3-12-15-16-14(21-9-13(18)19)17(12)8-10-4-6-11(20-2)7-5-10/h4-7H,3,8-9H2,1-2H3,(H,18,19). The van der Waals surface area contributed by atoms with Crippen LogP contribution >= 0.6 is 11.8 Å². The molecule has 0 amide bonds. The molecule has 0 spiro atoms. The van der Waals surface area contributed by atoms with E-state index in [-0.39, 0.29) is 5.75 Å². The Kier molecular flexibility index (Phi) is 5.21. The molecule has 0 radical (unpaired) electrons.